The van der Waals surface area contributed by atoms with Crippen molar-refractivity contribution in [3.8, 4) is 0 Å². The number of sulfone groups is 1. The van der Waals surface area contributed by atoms with E-state index in [1.54, 1.807) is 0 Å². The molecule has 1 saturated carbocycles. The zero-order valence-electron chi connectivity index (χ0n) is 10.2. The minimum atomic E-state index is -3.47. The topological polar surface area (TPSA) is 54.4 Å². The van der Waals surface area contributed by atoms with E-state index in [1.807, 2.05) is 0 Å². The van der Waals surface area contributed by atoms with Crippen LogP contribution in [0.5, 0.6) is 0 Å². The van der Waals surface area contributed by atoms with Crippen LogP contribution in [0.2, 0.25) is 5.02 Å². The SMILES string of the molecule is CS(=O)(=O)C1CCCC1(O)c1ccc(Br)c(Cl)c1F. The summed E-state index contributed by atoms with van der Waals surface area (Å²) in [5.41, 5.74) is -1.75. The van der Waals surface area contributed by atoms with E-state index in [4.69, 9.17) is 11.6 Å². The van der Waals surface area contributed by atoms with Crippen molar-refractivity contribution in [3.05, 3.63) is 33.0 Å². The van der Waals surface area contributed by atoms with Crippen LogP contribution in [0, 0.1) is 5.82 Å². The number of hydrogen-bond donors (Lipinski definition) is 1. The molecular formula is C12H13BrClFO3S. The lowest BCUT2D eigenvalue weighted by Gasteiger charge is -2.30. The summed E-state index contributed by atoms with van der Waals surface area (Å²) in [5.74, 6) is -0.769. The van der Waals surface area contributed by atoms with Crippen LogP contribution in [0.15, 0.2) is 16.6 Å². The van der Waals surface area contributed by atoms with Crippen LogP contribution >= 0.6 is 27.5 Å². The minimum Gasteiger partial charge on any atom is -0.384 e. The lowest BCUT2D eigenvalue weighted by atomic mass is 9.91. The zero-order valence-corrected chi connectivity index (χ0v) is 13.3. The second-order valence-corrected chi connectivity index (χ2v) is 8.32. The number of benzene rings is 1. The molecule has 2 unspecified atom stereocenters. The summed E-state index contributed by atoms with van der Waals surface area (Å²) in [6.07, 6.45) is 2.12. The van der Waals surface area contributed by atoms with Gasteiger partial charge >= 0.3 is 0 Å². The Labute approximate surface area is 124 Å². The van der Waals surface area contributed by atoms with Crippen molar-refractivity contribution in [2.75, 3.05) is 6.26 Å². The van der Waals surface area contributed by atoms with Gasteiger partial charge in [0, 0.05) is 16.3 Å². The van der Waals surface area contributed by atoms with E-state index in [-0.39, 0.29) is 17.0 Å². The Morgan fingerprint density at radius 2 is 2.16 bits per heavy atom. The molecule has 2 rings (SSSR count). The average molecular weight is 372 g/mol. The Hall–Kier alpha value is -0.170. The van der Waals surface area contributed by atoms with Gasteiger partial charge in [0.25, 0.3) is 0 Å². The average Bonchev–Trinajstić information content (AvgIpc) is 2.69. The highest BCUT2D eigenvalue weighted by Gasteiger charge is 2.49. The smallest absolute Gasteiger partial charge is 0.153 e. The van der Waals surface area contributed by atoms with Crippen molar-refractivity contribution in [1.82, 2.24) is 0 Å². The Bertz CT molecular complexity index is 620. The molecule has 1 aromatic carbocycles. The van der Waals surface area contributed by atoms with Crippen LogP contribution in [-0.4, -0.2) is 25.0 Å². The normalized spacial score (nSPS) is 27.7. The summed E-state index contributed by atoms with van der Waals surface area (Å²) in [6.45, 7) is 0. The standard InChI is InChI=1S/C12H13BrClFO3S/c1-19(17,18)9-3-2-6-12(9,16)7-4-5-8(13)10(14)11(7)15/h4-5,9,16H,2-3,6H2,1H3. The second-order valence-electron chi connectivity index (χ2n) is 4.86. The molecule has 1 aromatic rings. The fourth-order valence-corrected chi connectivity index (χ4v) is 4.71. The van der Waals surface area contributed by atoms with E-state index >= 15 is 0 Å². The Morgan fingerprint density at radius 1 is 1.53 bits per heavy atom. The van der Waals surface area contributed by atoms with Gasteiger partial charge in [0.05, 0.1) is 10.3 Å². The first-order valence-corrected chi connectivity index (χ1v) is 8.85. The molecule has 0 aliphatic heterocycles. The Morgan fingerprint density at radius 3 is 2.74 bits per heavy atom. The van der Waals surface area contributed by atoms with E-state index in [9.17, 15) is 17.9 Å². The second kappa shape index (κ2) is 4.98. The van der Waals surface area contributed by atoms with Gasteiger partial charge in [-0.3, -0.25) is 0 Å². The number of aliphatic hydroxyl groups is 1. The van der Waals surface area contributed by atoms with E-state index < -0.39 is 26.5 Å². The summed E-state index contributed by atoms with van der Waals surface area (Å²) in [4.78, 5) is 0. The third-order valence-electron chi connectivity index (χ3n) is 3.58. The summed E-state index contributed by atoms with van der Waals surface area (Å²) in [7, 11) is -3.47. The molecule has 0 aromatic heterocycles. The van der Waals surface area contributed by atoms with Crippen LogP contribution in [0.25, 0.3) is 0 Å². The van der Waals surface area contributed by atoms with Gasteiger partial charge in [-0.1, -0.05) is 17.7 Å². The number of rotatable bonds is 2. The highest BCUT2D eigenvalue weighted by atomic mass is 79.9. The van der Waals surface area contributed by atoms with E-state index in [0.29, 0.717) is 17.3 Å². The third-order valence-corrected chi connectivity index (χ3v) is 6.49. The van der Waals surface area contributed by atoms with Crippen molar-refractivity contribution in [1.29, 1.82) is 0 Å². The van der Waals surface area contributed by atoms with E-state index in [0.717, 1.165) is 6.26 Å². The predicted octanol–water partition coefficient (Wildman–Crippen LogP) is 3.03. The molecule has 0 bridgehead atoms. The quantitative estimate of drug-likeness (QED) is 0.813. The highest BCUT2D eigenvalue weighted by molar-refractivity contribution is 9.10. The van der Waals surface area contributed by atoms with Gasteiger partial charge in [-0.05, 0) is 41.3 Å². The lowest BCUT2D eigenvalue weighted by molar-refractivity contribution is 0.0440. The molecule has 19 heavy (non-hydrogen) atoms. The maximum Gasteiger partial charge on any atom is 0.153 e. The first-order chi connectivity index (χ1) is 8.68. The maximum absolute atomic E-state index is 14.2. The minimum absolute atomic E-state index is 0.0476. The van der Waals surface area contributed by atoms with Crippen molar-refractivity contribution in [2.24, 2.45) is 0 Å². The predicted molar refractivity (Wildman–Crippen MR) is 75.5 cm³/mol. The fraction of sp³-hybridized carbons (Fsp3) is 0.500. The molecule has 0 spiro atoms. The van der Waals surface area contributed by atoms with Crippen LogP contribution < -0.4 is 0 Å². The first kappa shape index (κ1) is 15.2. The van der Waals surface area contributed by atoms with Gasteiger partial charge in [0.2, 0.25) is 0 Å². The van der Waals surface area contributed by atoms with Gasteiger partial charge in [-0.25, -0.2) is 12.8 Å². The van der Waals surface area contributed by atoms with E-state index in [1.165, 1.54) is 12.1 Å². The third kappa shape index (κ3) is 2.55. The van der Waals surface area contributed by atoms with Gasteiger partial charge in [0.1, 0.15) is 11.4 Å². The van der Waals surface area contributed by atoms with Crippen LogP contribution in [0.1, 0.15) is 24.8 Å². The van der Waals surface area contributed by atoms with Crippen LogP contribution in [0.4, 0.5) is 4.39 Å². The van der Waals surface area contributed by atoms with Crippen molar-refractivity contribution in [3.63, 3.8) is 0 Å². The molecule has 0 saturated heterocycles. The van der Waals surface area contributed by atoms with Gasteiger partial charge in [0.15, 0.2) is 9.84 Å². The molecule has 1 fully saturated rings. The summed E-state index contributed by atoms with van der Waals surface area (Å²) < 4.78 is 38.1. The van der Waals surface area contributed by atoms with Crippen molar-refractivity contribution < 1.29 is 17.9 Å². The molecular weight excluding hydrogens is 359 g/mol. The molecule has 106 valence electrons. The van der Waals surface area contributed by atoms with Crippen LogP contribution in [-0.2, 0) is 15.4 Å². The molecule has 2 atom stereocenters. The van der Waals surface area contributed by atoms with Gasteiger partial charge < -0.3 is 5.11 Å². The van der Waals surface area contributed by atoms with Crippen LogP contribution in [0.3, 0.4) is 0 Å². The molecule has 7 heteroatoms. The fourth-order valence-electron chi connectivity index (χ4n) is 2.69. The lowest BCUT2D eigenvalue weighted by Crippen LogP contribution is -2.40. The van der Waals surface area contributed by atoms with Crippen molar-refractivity contribution in [2.45, 2.75) is 30.1 Å². The molecule has 0 amide bonds. The summed E-state index contributed by atoms with van der Waals surface area (Å²) in [5, 5.41) is 9.52. The largest absolute Gasteiger partial charge is 0.384 e. The Kier molecular flexibility index (Phi) is 3.99. The number of halogens is 3. The Balaban J connectivity index is 2.60. The molecule has 1 aliphatic rings. The van der Waals surface area contributed by atoms with E-state index in [2.05, 4.69) is 15.9 Å². The summed E-state index contributed by atoms with van der Waals surface area (Å²) in [6, 6.07) is 2.89. The maximum atomic E-state index is 14.2. The summed E-state index contributed by atoms with van der Waals surface area (Å²) >= 11 is 8.89. The molecule has 1 aliphatic carbocycles. The first-order valence-electron chi connectivity index (χ1n) is 5.73. The zero-order chi connectivity index (χ0) is 14.4. The molecule has 0 heterocycles. The molecule has 0 radical (unpaired) electrons. The number of hydrogen-bond acceptors (Lipinski definition) is 3. The highest BCUT2D eigenvalue weighted by Crippen LogP contribution is 2.45. The van der Waals surface area contributed by atoms with Gasteiger partial charge in [-0.2, -0.15) is 0 Å². The molecule has 1 N–H and O–H groups in total. The van der Waals surface area contributed by atoms with Gasteiger partial charge in [-0.15, -0.1) is 0 Å². The molecule has 3 nitrogen and oxygen atoms in total. The van der Waals surface area contributed by atoms with Crippen molar-refractivity contribution >= 4 is 37.4 Å². The monoisotopic (exact) mass is 370 g/mol.